The van der Waals surface area contributed by atoms with Gasteiger partial charge in [0.2, 0.25) is 0 Å². The van der Waals surface area contributed by atoms with Crippen molar-refractivity contribution in [1.29, 1.82) is 0 Å². The molecule has 2 N–H and O–H groups in total. The maximum absolute atomic E-state index is 9.61. The number of hydrogen-bond donors (Lipinski definition) is 2. The Bertz CT molecular complexity index is 154. The van der Waals surface area contributed by atoms with Gasteiger partial charge in [-0.3, -0.25) is 4.48 Å². The van der Waals surface area contributed by atoms with Gasteiger partial charge in [-0.2, -0.15) is 0 Å². The summed E-state index contributed by atoms with van der Waals surface area (Å²) in [5.74, 6) is 0. The summed E-state index contributed by atoms with van der Waals surface area (Å²) in [4.78, 5) is 0. The van der Waals surface area contributed by atoms with Gasteiger partial charge in [0.05, 0.1) is 13.1 Å². The Labute approximate surface area is 60.5 Å². The summed E-state index contributed by atoms with van der Waals surface area (Å²) >= 11 is 0. The molecule has 0 aromatic carbocycles. The van der Waals surface area contributed by atoms with Crippen molar-refractivity contribution >= 4 is 0 Å². The van der Waals surface area contributed by atoms with Crippen LogP contribution in [-0.2, 0) is 0 Å². The van der Waals surface area contributed by atoms with Gasteiger partial charge in [-0.1, -0.05) is 0 Å². The summed E-state index contributed by atoms with van der Waals surface area (Å²) in [6, 6.07) is 0. The van der Waals surface area contributed by atoms with Crippen molar-refractivity contribution < 1.29 is 14.7 Å². The van der Waals surface area contributed by atoms with E-state index in [0.717, 1.165) is 24.1 Å². The average Bonchev–Trinajstić information content (AvgIpc) is 2.28. The summed E-state index contributed by atoms with van der Waals surface area (Å²) in [7, 11) is 0. The summed E-state index contributed by atoms with van der Waals surface area (Å²) in [6.45, 7) is 2.85. The van der Waals surface area contributed by atoms with Crippen molar-refractivity contribution in [2.75, 3.05) is 26.2 Å². The summed E-state index contributed by atoms with van der Waals surface area (Å²) in [5.41, 5.74) is -0.740. The van der Waals surface area contributed by atoms with Crippen LogP contribution >= 0.6 is 0 Å². The Morgan fingerprint density at radius 2 is 1.90 bits per heavy atom. The molecule has 0 bridgehead atoms. The van der Waals surface area contributed by atoms with Crippen LogP contribution in [0.1, 0.15) is 12.8 Å². The summed E-state index contributed by atoms with van der Waals surface area (Å²) in [5, 5.41) is 18.4. The highest BCUT2D eigenvalue weighted by Crippen LogP contribution is 2.44. The largest absolute Gasteiger partial charge is 0.387 e. The highest BCUT2D eigenvalue weighted by atomic mass is 16.4. The van der Waals surface area contributed by atoms with E-state index >= 15 is 0 Å². The van der Waals surface area contributed by atoms with Crippen molar-refractivity contribution in [2.24, 2.45) is 0 Å². The Kier molecular flexibility index (Phi) is 1.14. The maximum atomic E-state index is 9.61. The van der Waals surface area contributed by atoms with E-state index in [1.54, 1.807) is 0 Å². The molecule has 3 nitrogen and oxygen atoms in total. The summed E-state index contributed by atoms with van der Waals surface area (Å²) < 4.78 is 0.781. The molecule has 2 heterocycles. The van der Waals surface area contributed by atoms with Gasteiger partial charge in [-0.25, -0.2) is 0 Å². The normalized spacial score (nSPS) is 42.6. The first-order valence-corrected chi connectivity index (χ1v) is 3.92. The Hall–Kier alpha value is -0.120. The van der Waals surface area contributed by atoms with Gasteiger partial charge in [0.1, 0.15) is 6.61 Å². The molecule has 0 saturated carbocycles. The molecule has 1 spiro atoms. The van der Waals surface area contributed by atoms with Crippen LogP contribution in [0.5, 0.6) is 0 Å². The van der Waals surface area contributed by atoms with Crippen molar-refractivity contribution in [1.82, 2.24) is 0 Å². The third-order valence-electron chi connectivity index (χ3n) is 3.01. The minimum atomic E-state index is -0.740. The molecule has 1 atom stereocenters. The van der Waals surface area contributed by atoms with Gasteiger partial charge in [0, 0.05) is 12.8 Å². The van der Waals surface area contributed by atoms with Crippen molar-refractivity contribution in [3.05, 3.63) is 0 Å². The van der Waals surface area contributed by atoms with E-state index in [1.807, 2.05) is 0 Å². The van der Waals surface area contributed by atoms with E-state index in [2.05, 4.69) is 0 Å². The van der Waals surface area contributed by atoms with Gasteiger partial charge in [-0.15, -0.1) is 0 Å². The third kappa shape index (κ3) is 0.603. The van der Waals surface area contributed by atoms with Crippen molar-refractivity contribution in [3.8, 4) is 0 Å². The van der Waals surface area contributed by atoms with Crippen LogP contribution in [0.3, 0.4) is 0 Å². The highest BCUT2D eigenvalue weighted by Gasteiger charge is 2.69. The Balaban J connectivity index is 2.09. The quantitative estimate of drug-likeness (QED) is 0.377. The van der Waals surface area contributed by atoms with E-state index in [4.69, 9.17) is 5.11 Å². The van der Waals surface area contributed by atoms with Crippen LogP contribution in [0.25, 0.3) is 0 Å². The molecule has 0 amide bonds. The monoisotopic (exact) mass is 144 g/mol. The lowest BCUT2D eigenvalue weighted by Gasteiger charge is -2.14. The predicted molar refractivity (Wildman–Crippen MR) is 36.1 cm³/mol. The molecule has 58 valence electrons. The molecule has 2 aliphatic rings. The van der Waals surface area contributed by atoms with Crippen molar-refractivity contribution in [3.63, 3.8) is 0 Å². The molecule has 2 aliphatic heterocycles. The topological polar surface area (TPSA) is 40.5 Å². The fourth-order valence-corrected chi connectivity index (χ4v) is 2.16. The molecule has 0 aromatic rings. The van der Waals surface area contributed by atoms with Crippen LogP contribution in [0.2, 0.25) is 0 Å². The smallest absolute Gasteiger partial charge is 0.275 e. The fourth-order valence-electron chi connectivity index (χ4n) is 2.16. The zero-order valence-electron chi connectivity index (χ0n) is 6.08. The SMILES string of the molecule is OCC1(O)C[N+]12CCCC2. The fraction of sp³-hybridized carbons (Fsp3) is 1.00. The molecule has 0 aromatic heterocycles. The van der Waals surface area contributed by atoms with Gasteiger partial charge in [-0.05, 0) is 0 Å². The van der Waals surface area contributed by atoms with Gasteiger partial charge in [0.25, 0.3) is 5.72 Å². The van der Waals surface area contributed by atoms with E-state index in [0.29, 0.717) is 0 Å². The number of quaternary nitrogens is 1. The van der Waals surface area contributed by atoms with Crippen LogP contribution in [0.4, 0.5) is 0 Å². The molecular formula is C7H14NO2+. The summed E-state index contributed by atoms with van der Waals surface area (Å²) in [6.07, 6.45) is 2.42. The molecule has 3 heteroatoms. The van der Waals surface area contributed by atoms with E-state index in [-0.39, 0.29) is 6.61 Å². The van der Waals surface area contributed by atoms with Crippen LogP contribution in [-0.4, -0.2) is 46.7 Å². The number of rotatable bonds is 1. The zero-order chi connectivity index (χ0) is 7.24. The molecule has 2 fully saturated rings. The number of hydrogen-bond acceptors (Lipinski definition) is 2. The molecule has 0 radical (unpaired) electrons. The van der Waals surface area contributed by atoms with Crippen molar-refractivity contribution in [2.45, 2.75) is 18.6 Å². The van der Waals surface area contributed by atoms with Crippen LogP contribution in [0, 0.1) is 0 Å². The number of aliphatic hydroxyl groups is 2. The molecule has 1 unspecified atom stereocenters. The molecule has 2 rings (SSSR count). The maximum Gasteiger partial charge on any atom is 0.275 e. The van der Waals surface area contributed by atoms with E-state index in [9.17, 15) is 5.11 Å². The van der Waals surface area contributed by atoms with Crippen LogP contribution in [0.15, 0.2) is 0 Å². The van der Waals surface area contributed by atoms with Gasteiger partial charge >= 0.3 is 0 Å². The lowest BCUT2D eigenvalue weighted by molar-refractivity contribution is -0.835. The third-order valence-corrected chi connectivity index (χ3v) is 3.01. The first kappa shape index (κ1) is 6.58. The van der Waals surface area contributed by atoms with E-state index in [1.165, 1.54) is 12.8 Å². The second-order valence-corrected chi connectivity index (χ2v) is 3.60. The van der Waals surface area contributed by atoms with Crippen LogP contribution < -0.4 is 0 Å². The second-order valence-electron chi connectivity index (χ2n) is 3.60. The standard InChI is InChI=1S/C7H14NO2/c9-6-7(10)5-8(7)3-1-2-4-8/h9-10H,1-6H2/q+1. The Morgan fingerprint density at radius 3 is 2.30 bits per heavy atom. The van der Waals surface area contributed by atoms with Gasteiger partial charge in [0.15, 0.2) is 6.54 Å². The molecule has 0 aliphatic carbocycles. The second kappa shape index (κ2) is 1.72. The number of nitrogens with zero attached hydrogens (tertiary/aromatic N) is 1. The number of aliphatic hydroxyl groups excluding tert-OH is 1. The lowest BCUT2D eigenvalue weighted by Crippen LogP contribution is -2.35. The highest BCUT2D eigenvalue weighted by molar-refractivity contribution is 4.85. The first-order valence-electron chi connectivity index (χ1n) is 3.92. The van der Waals surface area contributed by atoms with E-state index < -0.39 is 5.72 Å². The minimum absolute atomic E-state index is 0.0625. The lowest BCUT2D eigenvalue weighted by atomic mass is 10.4. The molecule has 2 saturated heterocycles. The Morgan fingerprint density at radius 1 is 1.30 bits per heavy atom. The molecular weight excluding hydrogens is 130 g/mol. The zero-order valence-corrected chi connectivity index (χ0v) is 6.08. The average molecular weight is 144 g/mol. The molecule has 10 heavy (non-hydrogen) atoms. The van der Waals surface area contributed by atoms with Gasteiger partial charge < -0.3 is 10.2 Å². The minimum Gasteiger partial charge on any atom is -0.387 e. The first-order chi connectivity index (χ1) is 4.72. The predicted octanol–water partition coefficient (Wildman–Crippen LogP) is -0.709.